The number of carbonyl (C=O) groups excluding carboxylic acids is 1. The largest absolute Gasteiger partial charge is 0.461 e. The number of hydrogen-bond acceptors (Lipinski definition) is 7. The highest BCUT2D eigenvalue weighted by Crippen LogP contribution is 2.27. The molecule has 4 aromatic rings. The van der Waals surface area contributed by atoms with Gasteiger partial charge in [0.1, 0.15) is 0 Å². The number of furan rings is 1. The fraction of sp³-hybridized carbons (Fsp3) is 0.176. The molecule has 3 aromatic heterocycles. The highest BCUT2D eigenvalue weighted by atomic mass is 32.2. The number of nitrogens with one attached hydrogen (secondary N) is 1. The lowest BCUT2D eigenvalue weighted by Crippen LogP contribution is -2.14. The first-order valence-electron chi connectivity index (χ1n) is 7.83. The molecule has 1 N–H and O–H groups in total. The first-order valence-corrected chi connectivity index (χ1v) is 9.63. The zero-order valence-electron chi connectivity index (χ0n) is 14.1. The Labute approximate surface area is 157 Å². The average Bonchev–Trinajstić information content (AvgIpc) is 3.32. The first-order chi connectivity index (χ1) is 12.6. The number of nitrogens with zero attached hydrogens (tertiary/aromatic N) is 4. The van der Waals surface area contributed by atoms with Crippen LogP contribution in [-0.2, 0) is 11.8 Å². The third-order valence-electron chi connectivity index (χ3n) is 3.70. The van der Waals surface area contributed by atoms with Crippen molar-refractivity contribution >= 4 is 44.4 Å². The Balaban J connectivity index is 1.41. The van der Waals surface area contributed by atoms with Crippen LogP contribution in [-0.4, -0.2) is 31.4 Å². The maximum Gasteiger partial charge on any atom is 0.236 e. The Morgan fingerprint density at radius 2 is 2.23 bits per heavy atom. The van der Waals surface area contributed by atoms with E-state index in [1.807, 2.05) is 32.2 Å². The molecule has 26 heavy (non-hydrogen) atoms. The van der Waals surface area contributed by atoms with Gasteiger partial charge in [-0.25, -0.2) is 4.98 Å². The molecule has 0 saturated heterocycles. The van der Waals surface area contributed by atoms with Crippen LogP contribution in [0.4, 0.5) is 5.13 Å². The molecule has 0 aliphatic heterocycles. The van der Waals surface area contributed by atoms with Crippen LogP contribution in [0.25, 0.3) is 21.8 Å². The van der Waals surface area contributed by atoms with Gasteiger partial charge in [0.25, 0.3) is 0 Å². The smallest absolute Gasteiger partial charge is 0.236 e. The molecule has 1 amide bonds. The Morgan fingerprint density at radius 1 is 1.35 bits per heavy atom. The topological polar surface area (TPSA) is 85.8 Å². The number of aromatic nitrogens is 4. The van der Waals surface area contributed by atoms with Crippen LogP contribution in [0, 0.1) is 6.92 Å². The normalized spacial score (nSPS) is 11.2. The van der Waals surface area contributed by atoms with Crippen molar-refractivity contribution in [2.75, 3.05) is 11.1 Å². The lowest BCUT2D eigenvalue weighted by molar-refractivity contribution is -0.113. The van der Waals surface area contributed by atoms with Crippen LogP contribution in [0.5, 0.6) is 0 Å². The van der Waals surface area contributed by atoms with Crippen LogP contribution in [0.15, 0.2) is 46.2 Å². The minimum absolute atomic E-state index is 0.131. The third-order valence-corrected chi connectivity index (χ3v) is 5.65. The molecule has 132 valence electrons. The minimum Gasteiger partial charge on any atom is -0.461 e. The molecular weight excluding hydrogens is 370 g/mol. The van der Waals surface area contributed by atoms with Gasteiger partial charge in [0.2, 0.25) is 5.91 Å². The summed E-state index contributed by atoms with van der Waals surface area (Å²) in [5, 5.41) is 12.3. The average molecular weight is 385 g/mol. The monoisotopic (exact) mass is 385 g/mol. The summed E-state index contributed by atoms with van der Waals surface area (Å²) in [6.07, 6.45) is 1.59. The van der Waals surface area contributed by atoms with Crippen molar-refractivity contribution in [2.24, 2.45) is 7.05 Å². The number of carbonyl (C=O) groups is 1. The number of rotatable bonds is 5. The Hall–Kier alpha value is -2.65. The molecule has 0 bridgehead atoms. The molecule has 9 heteroatoms. The maximum atomic E-state index is 12.2. The van der Waals surface area contributed by atoms with E-state index in [4.69, 9.17) is 4.42 Å². The first kappa shape index (κ1) is 16.8. The van der Waals surface area contributed by atoms with E-state index in [1.165, 1.54) is 28.7 Å². The van der Waals surface area contributed by atoms with Gasteiger partial charge in [-0.1, -0.05) is 29.2 Å². The van der Waals surface area contributed by atoms with Crippen molar-refractivity contribution in [3.05, 3.63) is 42.2 Å². The molecule has 0 unspecified atom stereocenters. The van der Waals surface area contributed by atoms with Gasteiger partial charge in [0.05, 0.1) is 22.2 Å². The minimum atomic E-state index is -0.131. The van der Waals surface area contributed by atoms with Crippen molar-refractivity contribution in [1.29, 1.82) is 0 Å². The number of amides is 1. The van der Waals surface area contributed by atoms with Gasteiger partial charge in [-0.05, 0) is 36.8 Å². The van der Waals surface area contributed by atoms with Crippen molar-refractivity contribution in [3.63, 3.8) is 0 Å². The van der Waals surface area contributed by atoms with E-state index in [0.717, 1.165) is 10.2 Å². The molecule has 0 fully saturated rings. The molecule has 0 atom stereocenters. The van der Waals surface area contributed by atoms with Gasteiger partial charge in [-0.2, -0.15) is 0 Å². The highest BCUT2D eigenvalue weighted by Gasteiger charge is 2.15. The Kier molecular flexibility index (Phi) is 4.48. The Morgan fingerprint density at radius 3 is 3.04 bits per heavy atom. The van der Waals surface area contributed by atoms with Gasteiger partial charge in [-0.3, -0.25) is 4.79 Å². The van der Waals surface area contributed by atoms with Crippen LogP contribution in [0.1, 0.15) is 5.56 Å². The van der Waals surface area contributed by atoms with Crippen LogP contribution in [0.2, 0.25) is 0 Å². The van der Waals surface area contributed by atoms with Gasteiger partial charge in [0, 0.05) is 7.05 Å². The summed E-state index contributed by atoms with van der Waals surface area (Å²) in [6, 6.07) is 9.65. The second-order valence-corrected chi connectivity index (χ2v) is 7.64. The number of fused-ring (bicyclic) bond motifs is 1. The van der Waals surface area contributed by atoms with Crippen LogP contribution < -0.4 is 5.32 Å². The number of hydrogen-bond donors (Lipinski definition) is 1. The van der Waals surface area contributed by atoms with Gasteiger partial charge in [-0.15, -0.1) is 10.2 Å². The van der Waals surface area contributed by atoms with Crippen molar-refractivity contribution in [2.45, 2.75) is 12.1 Å². The van der Waals surface area contributed by atoms with Crippen LogP contribution in [0.3, 0.4) is 0 Å². The van der Waals surface area contributed by atoms with Crippen molar-refractivity contribution in [1.82, 2.24) is 19.7 Å². The number of thioether (sulfide) groups is 1. The molecule has 0 spiro atoms. The highest BCUT2D eigenvalue weighted by molar-refractivity contribution is 7.99. The van der Waals surface area contributed by atoms with Crippen LogP contribution >= 0.6 is 23.1 Å². The number of anilines is 1. The SMILES string of the molecule is Cc1ccc2nc(NC(=O)CSc3nnc(-c4ccco4)n3C)sc2c1. The second kappa shape index (κ2) is 6.93. The molecule has 0 aliphatic carbocycles. The van der Waals surface area contributed by atoms with E-state index in [9.17, 15) is 4.79 Å². The predicted molar refractivity (Wildman–Crippen MR) is 102 cm³/mol. The molecule has 7 nitrogen and oxygen atoms in total. The fourth-order valence-electron chi connectivity index (χ4n) is 2.43. The second-order valence-electron chi connectivity index (χ2n) is 5.67. The van der Waals surface area contributed by atoms with E-state index < -0.39 is 0 Å². The molecule has 4 rings (SSSR count). The zero-order valence-corrected chi connectivity index (χ0v) is 15.7. The maximum absolute atomic E-state index is 12.2. The molecule has 0 aliphatic rings. The summed E-state index contributed by atoms with van der Waals surface area (Å²) in [7, 11) is 1.84. The third kappa shape index (κ3) is 3.35. The molecular formula is C17H15N5O2S2. The van der Waals surface area contributed by atoms with E-state index in [-0.39, 0.29) is 11.7 Å². The lowest BCUT2D eigenvalue weighted by atomic mass is 10.2. The van der Waals surface area contributed by atoms with E-state index in [1.54, 1.807) is 16.9 Å². The summed E-state index contributed by atoms with van der Waals surface area (Å²) in [4.78, 5) is 16.7. The predicted octanol–water partition coefficient (Wildman–Crippen LogP) is 3.72. The van der Waals surface area contributed by atoms with E-state index in [2.05, 4.69) is 26.6 Å². The summed E-state index contributed by atoms with van der Waals surface area (Å²) in [6.45, 7) is 2.03. The van der Waals surface area contributed by atoms with Gasteiger partial charge in [0.15, 0.2) is 21.9 Å². The standard InChI is InChI=1S/C17H15N5O2S2/c1-10-5-6-11-13(8-10)26-16(18-11)19-14(23)9-25-17-21-20-15(22(17)2)12-4-3-7-24-12/h3-8H,9H2,1-2H3,(H,18,19,23). The van der Waals surface area contributed by atoms with Gasteiger partial charge < -0.3 is 14.3 Å². The van der Waals surface area contributed by atoms with E-state index >= 15 is 0 Å². The number of thiazole rings is 1. The zero-order chi connectivity index (χ0) is 18.1. The van der Waals surface area contributed by atoms with E-state index in [0.29, 0.717) is 21.9 Å². The fourth-order valence-corrected chi connectivity index (χ4v) is 4.12. The lowest BCUT2D eigenvalue weighted by Gasteiger charge is -2.02. The quantitative estimate of drug-likeness (QED) is 0.527. The van der Waals surface area contributed by atoms with Gasteiger partial charge >= 0.3 is 0 Å². The summed E-state index contributed by atoms with van der Waals surface area (Å²) >= 11 is 2.78. The summed E-state index contributed by atoms with van der Waals surface area (Å²) < 4.78 is 8.20. The summed E-state index contributed by atoms with van der Waals surface area (Å²) in [5.74, 6) is 1.35. The Bertz CT molecular complexity index is 1070. The van der Waals surface area contributed by atoms with Crippen molar-refractivity contribution < 1.29 is 9.21 Å². The number of benzene rings is 1. The van der Waals surface area contributed by atoms with Crippen molar-refractivity contribution in [3.8, 4) is 11.6 Å². The molecule has 1 aromatic carbocycles. The molecule has 3 heterocycles. The molecule has 0 radical (unpaired) electrons. The summed E-state index contributed by atoms with van der Waals surface area (Å²) in [5.41, 5.74) is 2.06. The number of aryl methyl sites for hydroxylation is 1. The molecule has 0 saturated carbocycles.